The molecule has 3 rings (SSSR count). The van der Waals surface area contributed by atoms with Gasteiger partial charge in [-0.2, -0.15) is 4.31 Å². The monoisotopic (exact) mass is 412 g/mol. The zero-order valence-electron chi connectivity index (χ0n) is 15.2. The number of nitrogens with one attached hydrogen (secondary N) is 1. The van der Waals surface area contributed by atoms with Gasteiger partial charge in [-0.25, -0.2) is 16.8 Å². The minimum Gasteiger partial charge on any atom is -0.326 e. The molecule has 0 aromatic heterocycles. The number of carbonyl (C=O) groups is 1. The lowest BCUT2D eigenvalue weighted by Crippen LogP contribution is -2.37. The lowest BCUT2D eigenvalue weighted by atomic mass is 10.0. The second kappa shape index (κ2) is 7.73. The van der Waals surface area contributed by atoms with E-state index in [1.165, 1.54) is 22.5 Å². The summed E-state index contributed by atoms with van der Waals surface area (Å²) >= 11 is 0. The molecule has 1 aromatic rings. The largest absolute Gasteiger partial charge is 0.326 e. The van der Waals surface area contributed by atoms with Crippen molar-refractivity contribution in [3.05, 3.63) is 35.7 Å². The van der Waals surface area contributed by atoms with Gasteiger partial charge in [0.25, 0.3) is 0 Å². The van der Waals surface area contributed by atoms with Crippen LogP contribution < -0.4 is 5.32 Å². The van der Waals surface area contributed by atoms with E-state index in [0.29, 0.717) is 24.7 Å². The van der Waals surface area contributed by atoms with Gasteiger partial charge in [-0.1, -0.05) is 13.0 Å². The average molecular weight is 413 g/mol. The number of piperidine rings is 1. The third-order valence-electron chi connectivity index (χ3n) is 4.97. The van der Waals surface area contributed by atoms with Crippen LogP contribution in [-0.4, -0.2) is 45.9 Å². The molecule has 0 aliphatic carbocycles. The Bertz CT molecular complexity index is 928. The molecular formula is C18H24N2O5S2. The molecule has 0 saturated carbocycles. The lowest BCUT2D eigenvalue weighted by molar-refractivity contribution is -0.116. The molecule has 0 bridgehead atoms. The summed E-state index contributed by atoms with van der Waals surface area (Å²) in [7, 11) is -6.70. The van der Waals surface area contributed by atoms with Crippen LogP contribution in [0, 0.1) is 11.8 Å². The summed E-state index contributed by atoms with van der Waals surface area (Å²) in [5.74, 6) is -0.135. The molecule has 0 spiro atoms. The highest BCUT2D eigenvalue weighted by Crippen LogP contribution is 2.25. The first-order valence-electron chi connectivity index (χ1n) is 8.97. The van der Waals surface area contributed by atoms with Crippen LogP contribution in [0.5, 0.6) is 0 Å². The standard InChI is InChI=1S/C18H24N2O5S2/c1-14-6-9-20(10-7-14)27(24,25)17-4-2-16(3-5-17)19-18(21)12-15-8-11-26(22,23)13-15/h2-5,8,11,14-15H,6-7,9-10,12-13H2,1H3,(H,19,21)/t15-/m0/s1. The summed E-state index contributed by atoms with van der Waals surface area (Å²) in [6.45, 7) is 3.18. The van der Waals surface area contributed by atoms with Crippen LogP contribution in [0.3, 0.4) is 0 Å². The number of amides is 1. The molecule has 148 valence electrons. The SMILES string of the molecule is CC1CCN(S(=O)(=O)c2ccc(NC(=O)C[C@@H]3C=CS(=O)(=O)C3)cc2)CC1. The molecule has 2 heterocycles. The van der Waals surface area contributed by atoms with E-state index in [9.17, 15) is 21.6 Å². The van der Waals surface area contributed by atoms with E-state index in [1.807, 2.05) is 0 Å². The Kier molecular flexibility index (Phi) is 5.73. The van der Waals surface area contributed by atoms with Gasteiger partial charge in [-0.15, -0.1) is 0 Å². The molecule has 1 aromatic carbocycles. The van der Waals surface area contributed by atoms with Crippen molar-refractivity contribution in [1.29, 1.82) is 0 Å². The van der Waals surface area contributed by atoms with E-state index in [1.54, 1.807) is 12.1 Å². The normalized spacial score (nSPS) is 23.4. The summed E-state index contributed by atoms with van der Waals surface area (Å²) in [6.07, 6.45) is 3.32. The molecule has 1 fully saturated rings. The number of hydrogen-bond acceptors (Lipinski definition) is 5. The van der Waals surface area contributed by atoms with Crippen molar-refractivity contribution in [2.24, 2.45) is 11.8 Å². The van der Waals surface area contributed by atoms with E-state index < -0.39 is 19.9 Å². The lowest BCUT2D eigenvalue weighted by Gasteiger charge is -2.29. The fourth-order valence-electron chi connectivity index (χ4n) is 3.30. The Labute approximate surface area is 160 Å². The number of allylic oxidation sites excluding steroid dienone is 1. The number of benzene rings is 1. The maximum Gasteiger partial charge on any atom is 0.243 e. The molecule has 1 amide bonds. The van der Waals surface area contributed by atoms with Crippen molar-refractivity contribution in [1.82, 2.24) is 4.31 Å². The van der Waals surface area contributed by atoms with Crippen molar-refractivity contribution in [2.45, 2.75) is 31.1 Å². The zero-order valence-corrected chi connectivity index (χ0v) is 16.8. The number of sulfone groups is 1. The topological polar surface area (TPSA) is 101 Å². The molecule has 0 radical (unpaired) electrons. The molecule has 1 N–H and O–H groups in total. The van der Waals surface area contributed by atoms with Crippen LogP contribution in [-0.2, 0) is 24.7 Å². The summed E-state index contributed by atoms with van der Waals surface area (Å²) in [5, 5.41) is 3.83. The van der Waals surface area contributed by atoms with Gasteiger partial charge in [-0.3, -0.25) is 4.79 Å². The summed E-state index contributed by atoms with van der Waals surface area (Å²) in [4.78, 5) is 12.3. The third kappa shape index (κ3) is 4.97. The zero-order chi connectivity index (χ0) is 19.7. The molecule has 1 saturated heterocycles. The number of nitrogens with zero attached hydrogens (tertiary/aromatic N) is 1. The summed E-state index contributed by atoms with van der Waals surface area (Å²) in [5.41, 5.74) is 0.482. The molecule has 9 heteroatoms. The molecule has 0 unspecified atom stereocenters. The fraction of sp³-hybridized carbons (Fsp3) is 0.500. The van der Waals surface area contributed by atoms with Crippen LogP contribution in [0.2, 0.25) is 0 Å². The van der Waals surface area contributed by atoms with Gasteiger partial charge in [0.1, 0.15) is 0 Å². The molecule has 2 aliphatic heterocycles. The fourth-order valence-corrected chi connectivity index (χ4v) is 6.17. The van der Waals surface area contributed by atoms with Gasteiger partial charge in [0.15, 0.2) is 9.84 Å². The van der Waals surface area contributed by atoms with Gasteiger partial charge < -0.3 is 5.32 Å². The number of hydrogen-bond donors (Lipinski definition) is 1. The van der Waals surface area contributed by atoms with Crippen molar-refractivity contribution >= 4 is 31.5 Å². The van der Waals surface area contributed by atoms with Gasteiger partial charge in [-0.05, 0) is 43.0 Å². The highest BCUT2D eigenvalue weighted by molar-refractivity contribution is 7.94. The van der Waals surface area contributed by atoms with Gasteiger partial charge in [0.05, 0.1) is 10.6 Å². The smallest absolute Gasteiger partial charge is 0.243 e. The Morgan fingerprint density at radius 3 is 2.37 bits per heavy atom. The van der Waals surface area contributed by atoms with E-state index in [-0.39, 0.29) is 28.9 Å². The summed E-state index contributed by atoms with van der Waals surface area (Å²) < 4.78 is 49.7. The van der Waals surface area contributed by atoms with Gasteiger partial charge >= 0.3 is 0 Å². The Balaban J connectivity index is 1.60. The highest BCUT2D eigenvalue weighted by Gasteiger charge is 2.28. The first-order chi connectivity index (χ1) is 12.7. The molecular weight excluding hydrogens is 388 g/mol. The number of anilines is 1. The quantitative estimate of drug-likeness (QED) is 0.797. The third-order valence-corrected chi connectivity index (χ3v) is 8.35. The van der Waals surface area contributed by atoms with Crippen molar-refractivity contribution in [2.75, 3.05) is 24.2 Å². The maximum absolute atomic E-state index is 12.7. The number of rotatable bonds is 5. The Hall–Kier alpha value is -1.71. The van der Waals surface area contributed by atoms with Gasteiger partial charge in [0, 0.05) is 36.5 Å². The van der Waals surface area contributed by atoms with Crippen molar-refractivity contribution < 1.29 is 21.6 Å². The van der Waals surface area contributed by atoms with E-state index in [2.05, 4.69) is 12.2 Å². The van der Waals surface area contributed by atoms with Crippen molar-refractivity contribution in [3.63, 3.8) is 0 Å². The van der Waals surface area contributed by atoms with Crippen LogP contribution in [0.1, 0.15) is 26.2 Å². The molecule has 2 aliphatic rings. The van der Waals surface area contributed by atoms with Crippen LogP contribution in [0.25, 0.3) is 0 Å². The maximum atomic E-state index is 12.7. The number of sulfonamides is 1. The van der Waals surface area contributed by atoms with E-state index >= 15 is 0 Å². The summed E-state index contributed by atoms with van der Waals surface area (Å²) in [6, 6.07) is 6.09. The predicted octanol–water partition coefficient (Wildman–Crippen LogP) is 1.99. The van der Waals surface area contributed by atoms with Crippen LogP contribution in [0.4, 0.5) is 5.69 Å². The van der Waals surface area contributed by atoms with Gasteiger partial charge in [0.2, 0.25) is 15.9 Å². The minimum absolute atomic E-state index is 0.0496. The second-order valence-electron chi connectivity index (χ2n) is 7.28. The average Bonchev–Trinajstić information content (AvgIpc) is 2.94. The number of carbonyl (C=O) groups excluding carboxylic acids is 1. The Morgan fingerprint density at radius 2 is 1.81 bits per heavy atom. The Morgan fingerprint density at radius 1 is 1.19 bits per heavy atom. The van der Waals surface area contributed by atoms with Crippen molar-refractivity contribution in [3.8, 4) is 0 Å². The predicted molar refractivity (Wildman–Crippen MR) is 103 cm³/mol. The molecule has 1 atom stereocenters. The van der Waals surface area contributed by atoms with E-state index in [0.717, 1.165) is 18.2 Å². The second-order valence-corrected chi connectivity index (χ2v) is 11.2. The minimum atomic E-state index is -3.52. The molecule has 7 nitrogen and oxygen atoms in total. The highest BCUT2D eigenvalue weighted by atomic mass is 32.2. The molecule has 27 heavy (non-hydrogen) atoms. The first-order valence-corrected chi connectivity index (χ1v) is 12.1. The van der Waals surface area contributed by atoms with Crippen LogP contribution >= 0.6 is 0 Å². The van der Waals surface area contributed by atoms with E-state index in [4.69, 9.17) is 0 Å². The first kappa shape index (κ1) is 20.0. The van der Waals surface area contributed by atoms with Crippen LogP contribution in [0.15, 0.2) is 40.6 Å².